The molecule has 1 amide bonds. The highest BCUT2D eigenvalue weighted by molar-refractivity contribution is 5.99. The van der Waals surface area contributed by atoms with E-state index in [1.165, 1.54) is 13.1 Å². The highest BCUT2D eigenvalue weighted by Gasteiger charge is 2.17. The third kappa shape index (κ3) is 5.32. The molecule has 0 bridgehead atoms. The Balaban J connectivity index is 4.76. The number of aliphatic hydroxyl groups is 1. The summed E-state index contributed by atoms with van der Waals surface area (Å²) in [5, 5.41) is 28.4. The number of aliphatic carboxylic acids is 1. The summed E-state index contributed by atoms with van der Waals surface area (Å²) >= 11 is 0. The maximum atomic E-state index is 11.6. The number of carboxylic acids is 1. The Morgan fingerprint density at radius 1 is 1.56 bits per heavy atom. The summed E-state index contributed by atoms with van der Waals surface area (Å²) in [6.45, 7) is 3.83. The molecule has 7 nitrogen and oxygen atoms in total. The number of carbonyl (C=O) groups is 2. The smallest absolute Gasteiger partial charge is 0.325 e. The van der Waals surface area contributed by atoms with E-state index in [1.54, 1.807) is 17.9 Å². The molecule has 0 heterocycles. The van der Waals surface area contributed by atoms with Gasteiger partial charge in [-0.25, -0.2) is 0 Å². The second-order valence-electron chi connectivity index (χ2n) is 3.54. The van der Waals surface area contributed by atoms with Crippen molar-refractivity contribution in [3.63, 3.8) is 0 Å². The topological polar surface area (TPSA) is 114 Å². The fourth-order valence-electron chi connectivity index (χ4n) is 1.10. The minimum absolute atomic E-state index is 0.101. The lowest BCUT2D eigenvalue weighted by Crippen LogP contribution is -2.39. The molecule has 100 valence electrons. The summed E-state index contributed by atoms with van der Waals surface area (Å²) in [5.41, 5.74) is -0.196. The van der Waals surface area contributed by atoms with Crippen molar-refractivity contribution in [3.8, 4) is 6.07 Å². The molecule has 18 heavy (non-hydrogen) atoms. The molecule has 0 aliphatic carbocycles. The summed E-state index contributed by atoms with van der Waals surface area (Å²) in [6.07, 6.45) is 1.31. The van der Waals surface area contributed by atoms with Gasteiger partial charge in [-0.05, 0) is 13.8 Å². The molecule has 0 saturated carbocycles. The molecule has 0 aromatic rings. The predicted octanol–water partition coefficient (Wildman–Crippen LogP) is -0.703. The van der Waals surface area contributed by atoms with E-state index in [0.29, 0.717) is 13.1 Å². The van der Waals surface area contributed by atoms with Crippen molar-refractivity contribution in [1.29, 1.82) is 5.26 Å². The van der Waals surface area contributed by atoms with Crippen LogP contribution in [0.1, 0.15) is 13.8 Å². The number of nitrogens with zero attached hydrogens (tertiary/aromatic N) is 2. The summed E-state index contributed by atoms with van der Waals surface area (Å²) in [7, 11) is 0. The summed E-state index contributed by atoms with van der Waals surface area (Å²) in [5.74, 6) is -1.92. The van der Waals surface area contributed by atoms with Crippen molar-refractivity contribution in [1.82, 2.24) is 10.2 Å². The van der Waals surface area contributed by atoms with E-state index >= 15 is 0 Å². The lowest BCUT2D eigenvalue weighted by Gasteiger charge is -2.17. The molecule has 0 rings (SSSR count). The quantitative estimate of drug-likeness (QED) is 0.409. The molecule has 1 unspecified atom stereocenters. The van der Waals surface area contributed by atoms with Crippen LogP contribution in [0, 0.1) is 11.3 Å². The summed E-state index contributed by atoms with van der Waals surface area (Å²) in [6, 6.07) is 0.635. The number of likely N-dealkylation sites (N-methyl/N-ethyl adjacent to an activating group) is 1. The number of hydrogen-bond donors (Lipinski definition) is 3. The molecular formula is C11H17N3O4. The Morgan fingerprint density at radius 3 is 2.56 bits per heavy atom. The lowest BCUT2D eigenvalue weighted by atomic mass is 10.2. The zero-order valence-electron chi connectivity index (χ0n) is 10.4. The maximum absolute atomic E-state index is 11.6. The zero-order valence-corrected chi connectivity index (χ0v) is 10.4. The molecule has 0 aliphatic heterocycles. The van der Waals surface area contributed by atoms with Crippen molar-refractivity contribution < 1.29 is 19.8 Å². The predicted molar refractivity (Wildman–Crippen MR) is 63.3 cm³/mol. The van der Waals surface area contributed by atoms with Crippen LogP contribution in [0.5, 0.6) is 0 Å². The lowest BCUT2D eigenvalue weighted by molar-refractivity contribution is -0.140. The SMILES string of the molecule is CCN(/C=C(/C#N)C(=O)NC(C)C(=O)O)CCO. The second-order valence-corrected chi connectivity index (χ2v) is 3.54. The van der Waals surface area contributed by atoms with E-state index in [0.717, 1.165) is 0 Å². The number of nitriles is 1. The van der Waals surface area contributed by atoms with Gasteiger partial charge in [0.25, 0.3) is 5.91 Å². The van der Waals surface area contributed by atoms with Gasteiger partial charge in [0.05, 0.1) is 6.61 Å². The van der Waals surface area contributed by atoms with E-state index in [1.807, 2.05) is 0 Å². The Bertz CT molecular complexity index is 373. The van der Waals surface area contributed by atoms with E-state index in [9.17, 15) is 9.59 Å². The van der Waals surface area contributed by atoms with Crippen LogP contribution in [0.2, 0.25) is 0 Å². The van der Waals surface area contributed by atoms with Crippen molar-refractivity contribution in [3.05, 3.63) is 11.8 Å². The fraction of sp³-hybridized carbons (Fsp3) is 0.545. The molecule has 0 aromatic heterocycles. The number of amides is 1. The first-order chi connectivity index (χ1) is 8.46. The first-order valence-electron chi connectivity index (χ1n) is 5.46. The van der Waals surface area contributed by atoms with E-state index in [4.69, 9.17) is 15.5 Å². The van der Waals surface area contributed by atoms with Crippen molar-refractivity contribution in [2.24, 2.45) is 0 Å². The van der Waals surface area contributed by atoms with Crippen molar-refractivity contribution >= 4 is 11.9 Å². The third-order valence-electron chi connectivity index (χ3n) is 2.19. The molecule has 0 radical (unpaired) electrons. The molecule has 1 atom stereocenters. The average molecular weight is 255 g/mol. The molecule has 0 aromatic carbocycles. The minimum atomic E-state index is -1.18. The van der Waals surface area contributed by atoms with Gasteiger partial charge >= 0.3 is 5.97 Å². The van der Waals surface area contributed by atoms with Gasteiger partial charge in [0.1, 0.15) is 17.7 Å². The Morgan fingerprint density at radius 2 is 2.17 bits per heavy atom. The first kappa shape index (κ1) is 15.9. The van der Waals surface area contributed by atoms with Gasteiger partial charge < -0.3 is 20.4 Å². The van der Waals surface area contributed by atoms with Gasteiger partial charge in [-0.3, -0.25) is 9.59 Å². The largest absolute Gasteiger partial charge is 0.480 e. The summed E-state index contributed by atoms with van der Waals surface area (Å²) < 4.78 is 0. The average Bonchev–Trinajstić information content (AvgIpc) is 2.33. The Kier molecular flexibility index (Phi) is 7.15. The molecule has 0 saturated heterocycles. The molecule has 0 spiro atoms. The number of carboxylic acid groups (broad SMARTS) is 1. The molecular weight excluding hydrogens is 238 g/mol. The number of nitrogens with one attached hydrogen (secondary N) is 1. The highest BCUT2D eigenvalue weighted by atomic mass is 16.4. The van der Waals surface area contributed by atoms with Gasteiger partial charge in [-0.2, -0.15) is 5.26 Å². The van der Waals surface area contributed by atoms with Crippen molar-refractivity contribution in [2.75, 3.05) is 19.7 Å². The maximum Gasteiger partial charge on any atom is 0.325 e. The number of carbonyl (C=O) groups excluding carboxylic acids is 1. The normalized spacial score (nSPS) is 12.4. The van der Waals surface area contributed by atoms with Gasteiger partial charge in [-0.15, -0.1) is 0 Å². The van der Waals surface area contributed by atoms with Crippen LogP contribution in [0.3, 0.4) is 0 Å². The van der Waals surface area contributed by atoms with Gasteiger partial charge in [-0.1, -0.05) is 0 Å². The number of hydrogen-bond acceptors (Lipinski definition) is 5. The van der Waals surface area contributed by atoms with Crippen LogP contribution in [0.4, 0.5) is 0 Å². The highest BCUT2D eigenvalue weighted by Crippen LogP contribution is 1.99. The number of rotatable bonds is 7. The molecule has 7 heteroatoms. The second kappa shape index (κ2) is 8.08. The Labute approximate surface area is 105 Å². The standard InChI is InChI=1S/C11H17N3O4/c1-3-14(4-5-15)7-9(6-12)10(16)13-8(2)11(17)18/h7-8,15H,3-5H2,1-2H3,(H,13,16)(H,17,18)/b9-7-. The van der Waals surface area contributed by atoms with Crippen LogP contribution in [0.15, 0.2) is 11.8 Å². The fourth-order valence-corrected chi connectivity index (χ4v) is 1.10. The van der Waals surface area contributed by atoms with E-state index < -0.39 is 17.9 Å². The van der Waals surface area contributed by atoms with Crippen LogP contribution in [0.25, 0.3) is 0 Å². The summed E-state index contributed by atoms with van der Waals surface area (Å²) in [4.78, 5) is 23.7. The number of aliphatic hydroxyl groups excluding tert-OH is 1. The monoisotopic (exact) mass is 255 g/mol. The third-order valence-corrected chi connectivity index (χ3v) is 2.19. The van der Waals surface area contributed by atoms with Gasteiger partial charge in [0.2, 0.25) is 0 Å². The van der Waals surface area contributed by atoms with Crippen molar-refractivity contribution in [2.45, 2.75) is 19.9 Å². The van der Waals surface area contributed by atoms with Crippen LogP contribution >= 0.6 is 0 Å². The van der Waals surface area contributed by atoms with Gasteiger partial charge in [0, 0.05) is 19.3 Å². The molecule has 0 fully saturated rings. The van der Waals surface area contributed by atoms with E-state index in [2.05, 4.69) is 5.32 Å². The first-order valence-corrected chi connectivity index (χ1v) is 5.46. The molecule has 0 aliphatic rings. The van der Waals surface area contributed by atoms with Crippen LogP contribution < -0.4 is 5.32 Å². The minimum Gasteiger partial charge on any atom is -0.480 e. The van der Waals surface area contributed by atoms with E-state index in [-0.39, 0.29) is 12.2 Å². The van der Waals surface area contributed by atoms with Crippen LogP contribution in [-0.4, -0.2) is 52.7 Å². The zero-order chi connectivity index (χ0) is 14.1. The molecule has 3 N–H and O–H groups in total. The Hall–Kier alpha value is -2.07. The van der Waals surface area contributed by atoms with Gasteiger partial charge in [0.15, 0.2) is 0 Å². The van der Waals surface area contributed by atoms with Crippen LogP contribution in [-0.2, 0) is 9.59 Å².